The summed E-state index contributed by atoms with van der Waals surface area (Å²) in [5.74, 6) is 0. The molecule has 1 N–H and O–H groups in total. The van der Waals surface area contributed by atoms with E-state index in [4.69, 9.17) is 2.74 Å². The number of carbonyl (C=O) groups is 1. The van der Waals surface area contributed by atoms with Gasteiger partial charge in [-0.2, -0.15) is 0 Å². The number of rotatable bonds is 4. The molecule has 0 spiro atoms. The van der Waals surface area contributed by atoms with Crippen molar-refractivity contribution in [1.82, 2.24) is 5.32 Å². The van der Waals surface area contributed by atoms with Gasteiger partial charge in [-0.25, -0.2) is 4.79 Å². The average Bonchev–Trinajstić information content (AvgIpc) is 2.84. The van der Waals surface area contributed by atoms with Crippen LogP contribution < -0.4 is 5.32 Å². The molecule has 0 aromatic heterocycles. The molecule has 0 radical (unpaired) electrons. The average molecular weight is 171 g/mol. The Morgan fingerprint density at radius 1 is 1.92 bits per heavy atom. The lowest BCUT2D eigenvalue weighted by molar-refractivity contribution is 0.164. The van der Waals surface area contributed by atoms with Gasteiger partial charge in [-0.05, 0) is 25.7 Å². The SMILES string of the molecule is [2H]C([2H])=CCCC1(NC(=O)OC)CC1. The predicted octanol–water partition coefficient (Wildman–Crippen LogP) is 1.84. The third-order valence-corrected chi connectivity index (χ3v) is 2.17. The highest BCUT2D eigenvalue weighted by atomic mass is 16.5. The highest BCUT2D eigenvalue weighted by Crippen LogP contribution is 2.39. The van der Waals surface area contributed by atoms with Crippen LogP contribution in [0.1, 0.15) is 28.4 Å². The second-order valence-corrected chi connectivity index (χ2v) is 3.14. The Kier molecular flexibility index (Phi) is 1.96. The summed E-state index contributed by atoms with van der Waals surface area (Å²) in [5, 5.41) is 2.78. The Hall–Kier alpha value is -0.990. The van der Waals surface area contributed by atoms with Gasteiger partial charge in [0.15, 0.2) is 0 Å². The molecular weight excluding hydrogens is 154 g/mol. The van der Waals surface area contributed by atoms with Crippen molar-refractivity contribution < 1.29 is 12.3 Å². The molecule has 1 amide bonds. The van der Waals surface area contributed by atoms with E-state index in [1.807, 2.05) is 0 Å². The lowest BCUT2D eigenvalue weighted by Gasteiger charge is -2.14. The van der Waals surface area contributed by atoms with Crippen LogP contribution in [-0.4, -0.2) is 18.7 Å². The molecule has 1 rings (SSSR count). The van der Waals surface area contributed by atoms with Crippen molar-refractivity contribution >= 4 is 6.09 Å². The summed E-state index contributed by atoms with van der Waals surface area (Å²) >= 11 is 0. The summed E-state index contributed by atoms with van der Waals surface area (Å²) in [5.41, 5.74) is -0.126. The van der Waals surface area contributed by atoms with Crippen LogP contribution in [0.2, 0.25) is 0 Å². The summed E-state index contributed by atoms with van der Waals surface area (Å²) in [7, 11) is 1.34. The van der Waals surface area contributed by atoms with Crippen molar-refractivity contribution in [2.75, 3.05) is 7.11 Å². The van der Waals surface area contributed by atoms with E-state index in [0.717, 1.165) is 19.3 Å². The van der Waals surface area contributed by atoms with Crippen LogP contribution in [0.3, 0.4) is 0 Å². The van der Waals surface area contributed by atoms with Crippen LogP contribution in [0.4, 0.5) is 4.79 Å². The Balaban J connectivity index is 2.29. The molecule has 12 heavy (non-hydrogen) atoms. The Morgan fingerprint density at radius 3 is 3.17 bits per heavy atom. The van der Waals surface area contributed by atoms with Gasteiger partial charge in [0.2, 0.25) is 0 Å². The number of alkyl carbamates (subject to hydrolysis) is 1. The van der Waals surface area contributed by atoms with E-state index in [0.29, 0.717) is 6.42 Å². The number of carbonyl (C=O) groups excluding carboxylic acids is 1. The maximum absolute atomic E-state index is 10.9. The Bertz CT molecular complexity index is 245. The van der Waals surface area contributed by atoms with Crippen LogP contribution in [0.5, 0.6) is 0 Å². The van der Waals surface area contributed by atoms with Gasteiger partial charge in [0.1, 0.15) is 0 Å². The largest absolute Gasteiger partial charge is 0.453 e. The molecule has 68 valence electrons. The van der Waals surface area contributed by atoms with Crippen molar-refractivity contribution in [3.05, 3.63) is 12.6 Å². The molecule has 0 heterocycles. The second kappa shape index (κ2) is 3.61. The Morgan fingerprint density at radius 2 is 2.67 bits per heavy atom. The highest BCUT2D eigenvalue weighted by molar-refractivity contribution is 5.68. The molecule has 1 aliphatic rings. The number of methoxy groups -OCH3 is 1. The van der Waals surface area contributed by atoms with E-state index in [2.05, 4.69) is 10.1 Å². The molecule has 3 heteroatoms. The fraction of sp³-hybridized carbons (Fsp3) is 0.667. The first-order valence-electron chi connectivity index (χ1n) is 5.07. The minimum Gasteiger partial charge on any atom is -0.453 e. The first-order chi connectivity index (χ1) is 6.58. The third kappa shape index (κ3) is 2.26. The minimum absolute atomic E-state index is 0.126. The van der Waals surface area contributed by atoms with Crippen LogP contribution in [-0.2, 0) is 4.74 Å². The Labute approximate surface area is 75.6 Å². The number of hydrogen-bond acceptors (Lipinski definition) is 2. The zero-order valence-electron chi connectivity index (χ0n) is 9.22. The van der Waals surface area contributed by atoms with Crippen molar-refractivity contribution in [1.29, 1.82) is 0 Å². The zero-order chi connectivity index (χ0) is 10.6. The number of nitrogens with one attached hydrogen (secondary N) is 1. The van der Waals surface area contributed by atoms with E-state index >= 15 is 0 Å². The van der Waals surface area contributed by atoms with Gasteiger partial charge in [-0.1, -0.05) is 6.08 Å². The molecule has 0 aromatic rings. The van der Waals surface area contributed by atoms with E-state index in [9.17, 15) is 4.79 Å². The van der Waals surface area contributed by atoms with Crippen molar-refractivity contribution in [2.24, 2.45) is 0 Å². The lowest BCUT2D eigenvalue weighted by atomic mass is 10.1. The smallest absolute Gasteiger partial charge is 0.407 e. The van der Waals surface area contributed by atoms with Gasteiger partial charge in [0, 0.05) is 5.54 Å². The predicted molar refractivity (Wildman–Crippen MR) is 46.9 cm³/mol. The monoisotopic (exact) mass is 171 g/mol. The van der Waals surface area contributed by atoms with Gasteiger partial charge in [0.25, 0.3) is 0 Å². The summed E-state index contributed by atoms with van der Waals surface area (Å²) in [6.07, 6.45) is 4.50. The normalized spacial score (nSPS) is 20.1. The molecule has 1 aliphatic carbocycles. The quantitative estimate of drug-likeness (QED) is 0.655. The van der Waals surface area contributed by atoms with Crippen molar-refractivity contribution in [3.8, 4) is 0 Å². The van der Waals surface area contributed by atoms with E-state index in [1.54, 1.807) is 6.08 Å². The molecule has 1 fully saturated rings. The highest BCUT2D eigenvalue weighted by Gasteiger charge is 2.43. The molecule has 0 bridgehead atoms. The fourth-order valence-electron chi connectivity index (χ4n) is 1.20. The summed E-state index contributed by atoms with van der Waals surface area (Å²) in [4.78, 5) is 10.9. The molecule has 0 aromatic carbocycles. The standard InChI is InChI=1S/C9H15NO2/c1-3-4-5-9(6-7-9)10-8(11)12-2/h3H,1,4-7H2,2H3,(H,10,11)/i1D2. The number of hydrogen-bond donors (Lipinski definition) is 1. The minimum atomic E-state index is -0.400. The first kappa shape index (κ1) is 6.52. The third-order valence-electron chi connectivity index (χ3n) is 2.17. The van der Waals surface area contributed by atoms with Gasteiger partial charge in [-0.3, -0.25) is 0 Å². The van der Waals surface area contributed by atoms with E-state index < -0.39 is 6.09 Å². The van der Waals surface area contributed by atoms with Crippen LogP contribution in [0, 0.1) is 0 Å². The number of allylic oxidation sites excluding steroid dienone is 1. The van der Waals surface area contributed by atoms with Crippen LogP contribution in [0.15, 0.2) is 12.6 Å². The topological polar surface area (TPSA) is 38.3 Å². The second-order valence-electron chi connectivity index (χ2n) is 3.14. The molecular formula is C9H15NO2. The maximum Gasteiger partial charge on any atom is 0.407 e. The molecule has 0 saturated heterocycles. The number of amides is 1. The summed E-state index contributed by atoms with van der Waals surface area (Å²) < 4.78 is 18.3. The van der Waals surface area contributed by atoms with Gasteiger partial charge in [-0.15, -0.1) is 6.53 Å². The van der Waals surface area contributed by atoms with Gasteiger partial charge >= 0.3 is 6.09 Å². The van der Waals surface area contributed by atoms with Gasteiger partial charge < -0.3 is 10.1 Å². The fourth-order valence-corrected chi connectivity index (χ4v) is 1.20. The number of ether oxygens (including phenoxy) is 1. The summed E-state index contributed by atoms with van der Waals surface area (Å²) in [6.45, 7) is -0.168. The molecule has 3 nitrogen and oxygen atoms in total. The van der Waals surface area contributed by atoms with Crippen molar-refractivity contribution in [3.63, 3.8) is 0 Å². The molecule has 1 saturated carbocycles. The van der Waals surface area contributed by atoms with Crippen LogP contribution in [0.25, 0.3) is 0 Å². The molecule has 0 atom stereocenters. The van der Waals surface area contributed by atoms with Gasteiger partial charge in [0.05, 0.1) is 9.85 Å². The first-order valence-corrected chi connectivity index (χ1v) is 4.07. The summed E-state index contributed by atoms with van der Waals surface area (Å²) in [6, 6.07) is 0. The maximum atomic E-state index is 10.9. The van der Waals surface area contributed by atoms with Crippen LogP contribution >= 0.6 is 0 Å². The van der Waals surface area contributed by atoms with E-state index in [1.165, 1.54) is 7.11 Å². The lowest BCUT2D eigenvalue weighted by Crippen LogP contribution is -2.36. The molecule has 0 unspecified atom stereocenters. The molecule has 0 aliphatic heterocycles. The van der Waals surface area contributed by atoms with Crippen molar-refractivity contribution in [2.45, 2.75) is 31.2 Å². The zero-order valence-corrected chi connectivity index (χ0v) is 7.22. The van der Waals surface area contributed by atoms with E-state index in [-0.39, 0.29) is 12.1 Å².